The van der Waals surface area contributed by atoms with Crippen molar-refractivity contribution in [1.29, 1.82) is 0 Å². The summed E-state index contributed by atoms with van der Waals surface area (Å²) >= 11 is 1.97. The Hall–Kier alpha value is -1.23. The highest BCUT2D eigenvalue weighted by molar-refractivity contribution is 7.99. The molecular weight excluding hydrogens is 260 g/mol. The number of carboxylic acid groups (broad SMARTS) is 1. The molecule has 0 spiro atoms. The fourth-order valence-corrected chi connectivity index (χ4v) is 3.33. The van der Waals surface area contributed by atoms with Gasteiger partial charge in [0.05, 0.1) is 5.56 Å². The number of aromatic carboxylic acids is 1. The number of carboxylic acids is 1. The molecule has 0 saturated carbocycles. The van der Waals surface area contributed by atoms with Crippen LogP contribution in [-0.4, -0.2) is 33.6 Å². The van der Waals surface area contributed by atoms with Gasteiger partial charge in [-0.3, -0.25) is 0 Å². The molecule has 0 atom stereocenters. The van der Waals surface area contributed by atoms with Crippen molar-refractivity contribution >= 4 is 23.5 Å². The summed E-state index contributed by atoms with van der Waals surface area (Å²) in [4.78, 5) is 15.7. The van der Waals surface area contributed by atoms with Gasteiger partial charge in [-0.05, 0) is 42.9 Å². The smallest absolute Gasteiger partial charge is 0.335 e. The Morgan fingerprint density at radius 1 is 1.47 bits per heavy atom. The summed E-state index contributed by atoms with van der Waals surface area (Å²) in [6.07, 6.45) is 4.02. The molecule has 19 heavy (non-hydrogen) atoms. The number of pyridine rings is 1. The van der Waals surface area contributed by atoms with Crippen molar-refractivity contribution in [3.63, 3.8) is 0 Å². The first-order valence-electron chi connectivity index (χ1n) is 6.77. The molecule has 0 amide bonds. The van der Waals surface area contributed by atoms with Gasteiger partial charge in [-0.15, -0.1) is 0 Å². The maximum atomic E-state index is 11.1. The third-order valence-electron chi connectivity index (χ3n) is 3.20. The Kier molecular flexibility index (Phi) is 5.07. The normalized spacial score (nSPS) is 16.3. The molecule has 0 aliphatic carbocycles. The zero-order valence-electron chi connectivity index (χ0n) is 11.2. The minimum Gasteiger partial charge on any atom is -0.478 e. The Balaban J connectivity index is 2.15. The molecule has 4 nitrogen and oxygen atoms in total. The standard InChI is InChI=1S/C14H20N2O2S/c1-2-3-12-8-10(14(17)18)9-13(16-12)15-11-4-6-19-7-5-11/h8-9,11H,2-7H2,1H3,(H,15,16)(H,17,18). The first-order chi connectivity index (χ1) is 9.19. The third-order valence-corrected chi connectivity index (χ3v) is 4.25. The molecule has 1 saturated heterocycles. The number of hydrogen-bond acceptors (Lipinski definition) is 4. The number of aromatic nitrogens is 1. The van der Waals surface area contributed by atoms with Crippen molar-refractivity contribution in [2.24, 2.45) is 0 Å². The number of hydrogen-bond donors (Lipinski definition) is 2. The van der Waals surface area contributed by atoms with Gasteiger partial charge < -0.3 is 10.4 Å². The van der Waals surface area contributed by atoms with Crippen molar-refractivity contribution < 1.29 is 9.90 Å². The van der Waals surface area contributed by atoms with E-state index in [1.54, 1.807) is 12.1 Å². The number of aryl methyl sites for hydroxylation is 1. The molecule has 1 aromatic rings. The van der Waals surface area contributed by atoms with Crippen LogP contribution in [0, 0.1) is 0 Å². The number of rotatable bonds is 5. The van der Waals surface area contributed by atoms with Crippen molar-refractivity contribution in [2.75, 3.05) is 16.8 Å². The van der Waals surface area contributed by atoms with Gasteiger partial charge in [0.1, 0.15) is 5.82 Å². The number of carbonyl (C=O) groups is 1. The summed E-state index contributed by atoms with van der Waals surface area (Å²) in [6.45, 7) is 2.07. The highest BCUT2D eigenvalue weighted by atomic mass is 32.2. The van der Waals surface area contributed by atoms with E-state index in [0.29, 0.717) is 17.4 Å². The molecular formula is C14H20N2O2S. The molecule has 0 radical (unpaired) electrons. The molecule has 1 aromatic heterocycles. The molecule has 2 N–H and O–H groups in total. The fraction of sp³-hybridized carbons (Fsp3) is 0.571. The summed E-state index contributed by atoms with van der Waals surface area (Å²) in [7, 11) is 0. The minimum absolute atomic E-state index is 0.325. The summed E-state index contributed by atoms with van der Waals surface area (Å²) in [5.41, 5.74) is 1.18. The highest BCUT2D eigenvalue weighted by Gasteiger charge is 2.15. The zero-order valence-corrected chi connectivity index (χ0v) is 12.0. The second-order valence-electron chi connectivity index (χ2n) is 4.82. The largest absolute Gasteiger partial charge is 0.478 e. The average molecular weight is 280 g/mol. The van der Waals surface area contributed by atoms with Crippen LogP contribution in [-0.2, 0) is 6.42 Å². The second-order valence-corrected chi connectivity index (χ2v) is 6.04. The van der Waals surface area contributed by atoms with E-state index in [9.17, 15) is 4.79 Å². The molecule has 1 aliphatic rings. The van der Waals surface area contributed by atoms with E-state index in [4.69, 9.17) is 5.11 Å². The van der Waals surface area contributed by atoms with Crippen molar-refractivity contribution in [1.82, 2.24) is 4.98 Å². The lowest BCUT2D eigenvalue weighted by atomic mass is 10.1. The number of thioether (sulfide) groups is 1. The average Bonchev–Trinajstić information content (AvgIpc) is 2.40. The predicted molar refractivity (Wildman–Crippen MR) is 79.2 cm³/mol. The lowest BCUT2D eigenvalue weighted by Gasteiger charge is -2.23. The van der Waals surface area contributed by atoms with E-state index >= 15 is 0 Å². The van der Waals surface area contributed by atoms with E-state index in [2.05, 4.69) is 17.2 Å². The monoisotopic (exact) mass is 280 g/mol. The van der Waals surface area contributed by atoms with E-state index in [0.717, 1.165) is 42.9 Å². The van der Waals surface area contributed by atoms with E-state index < -0.39 is 5.97 Å². The van der Waals surface area contributed by atoms with E-state index in [1.165, 1.54) is 0 Å². The van der Waals surface area contributed by atoms with Crippen LogP contribution < -0.4 is 5.32 Å². The highest BCUT2D eigenvalue weighted by Crippen LogP contribution is 2.21. The second kappa shape index (κ2) is 6.80. The van der Waals surface area contributed by atoms with Crippen LogP contribution in [0.2, 0.25) is 0 Å². The predicted octanol–water partition coefficient (Wildman–Crippen LogP) is 3.04. The summed E-state index contributed by atoms with van der Waals surface area (Å²) in [5.74, 6) is 2.15. The van der Waals surface area contributed by atoms with E-state index in [-0.39, 0.29) is 0 Å². The van der Waals surface area contributed by atoms with Crippen molar-refractivity contribution in [3.8, 4) is 0 Å². The summed E-state index contributed by atoms with van der Waals surface area (Å²) < 4.78 is 0. The maximum absolute atomic E-state index is 11.1. The van der Waals surface area contributed by atoms with Crippen LogP contribution in [0.3, 0.4) is 0 Å². The number of anilines is 1. The maximum Gasteiger partial charge on any atom is 0.335 e. The zero-order chi connectivity index (χ0) is 13.7. The third kappa shape index (κ3) is 4.13. The van der Waals surface area contributed by atoms with Gasteiger partial charge in [0.15, 0.2) is 0 Å². The number of nitrogens with one attached hydrogen (secondary N) is 1. The Morgan fingerprint density at radius 2 is 2.21 bits per heavy atom. The SMILES string of the molecule is CCCc1cc(C(=O)O)cc(NC2CCSCC2)n1. The van der Waals surface area contributed by atoms with Gasteiger partial charge in [-0.1, -0.05) is 13.3 Å². The van der Waals surface area contributed by atoms with Gasteiger partial charge in [0.2, 0.25) is 0 Å². The minimum atomic E-state index is -0.887. The van der Waals surface area contributed by atoms with Crippen molar-refractivity contribution in [2.45, 2.75) is 38.6 Å². The molecule has 5 heteroatoms. The first kappa shape index (κ1) is 14.2. The molecule has 1 aliphatic heterocycles. The van der Waals surface area contributed by atoms with E-state index in [1.807, 2.05) is 11.8 Å². The van der Waals surface area contributed by atoms with Gasteiger partial charge in [-0.2, -0.15) is 11.8 Å². The lowest BCUT2D eigenvalue weighted by molar-refractivity contribution is 0.0696. The molecule has 104 valence electrons. The van der Waals surface area contributed by atoms with Crippen LogP contribution in [0.5, 0.6) is 0 Å². The molecule has 0 aromatic carbocycles. The summed E-state index contributed by atoms with van der Waals surface area (Å²) in [6, 6.07) is 3.74. The Labute approximate surface area is 118 Å². The van der Waals surface area contributed by atoms with Gasteiger partial charge in [-0.25, -0.2) is 9.78 Å². The molecule has 2 heterocycles. The van der Waals surface area contributed by atoms with Crippen LogP contribution in [0.25, 0.3) is 0 Å². The van der Waals surface area contributed by atoms with Crippen LogP contribution in [0.15, 0.2) is 12.1 Å². The lowest BCUT2D eigenvalue weighted by Crippen LogP contribution is -2.25. The molecule has 2 rings (SSSR count). The van der Waals surface area contributed by atoms with Gasteiger partial charge in [0.25, 0.3) is 0 Å². The Bertz CT molecular complexity index is 445. The van der Waals surface area contributed by atoms with Crippen LogP contribution >= 0.6 is 11.8 Å². The van der Waals surface area contributed by atoms with Crippen LogP contribution in [0.1, 0.15) is 42.2 Å². The van der Waals surface area contributed by atoms with Gasteiger partial charge in [0, 0.05) is 11.7 Å². The van der Waals surface area contributed by atoms with Crippen LogP contribution in [0.4, 0.5) is 5.82 Å². The number of nitrogens with zero attached hydrogens (tertiary/aromatic N) is 1. The Morgan fingerprint density at radius 3 is 2.84 bits per heavy atom. The van der Waals surface area contributed by atoms with Gasteiger partial charge >= 0.3 is 5.97 Å². The summed E-state index contributed by atoms with van der Waals surface area (Å²) in [5, 5.41) is 12.5. The first-order valence-corrected chi connectivity index (χ1v) is 7.93. The topological polar surface area (TPSA) is 62.2 Å². The molecule has 0 unspecified atom stereocenters. The quantitative estimate of drug-likeness (QED) is 0.868. The molecule has 0 bridgehead atoms. The fourth-order valence-electron chi connectivity index (χ4n) is 2.22. The van der Waals surface area contributed by atoms with Crippen molar-refractivity contribution in [3.05, 3.63) is 23.4 Å². The molecule has 1 fully saturated rings.